The molecule has 0 saturated heterocycles. The van der Waals surface area contributed by atoms with Gasteiger partial charge in [-0.2, -0.15) is 10.8 Å². The molecule has 0 unspecified atom stereocenters. The highest BCUT2D eigenvalue weighted by Crippen LogP contribution is 2.54. The predicted molar refractivity (Wildman–Crippen MR) is 121 cm³/mol. The third-order valence-electron chi connectivity index (χ3n) is 7.32. The van der Waals surface area contributed by atoms with Crippen molar-refractivity contribution in [3.63, 3.8) is 0 Å². The summed E-state index contributed by atoms with van der Waals surface area (Å²) in [6.45, 7) is 1.67. The van der Waals surface area contributed by atoms with E-state index in [2.05, 4.69) is 27.0 Å². The Labute approximate surface area is 199 Å². The molecule has 0 bridgehead atoms. The lowest BCUT2D eigenvalue weighted by Crippen LogP contribution is -2.46. The first-order chi connectivity index (χ1) is 16.8. The standard InChI is InChI=1S/C24H22FN7O3/c1-11-19(21(33)23(35)29-24(4-5-24)18-10-27-31-30-18)17-8-12-7-16(12)32(17)20(11)22(34)28-14-2-3-15(25)13(6-14)9-26/h2-3,6,10,12,16,27,30-31H,4-5,7-8H2,1H3,(H,28,34)(H,29,35)/t12-,16-/m1/s1. The van der Waals surface area contributed by atoms with Gasteiger partial charge in [0.25, 0.3) is 17.6 Å². The number of hydrogen-bond acceptors (Lipinski definition) is 7. The average Bonchev–Trinajstić information content (AvgIpc) is 3.62. The van der Waals surface area contributed by atoms with Gasteiger partial charge in [0.05, 0.1) is 22.4 Å². The molecule has 2 aromatic rings. The normalized spacial score (nSPS) is 22.0. The van der Waals surface area contributed by atoms with Gasteiger partial charge in [0.2, 0.25) is 0 Å². The summed E-state index contributed by atoms with van der Waals surface area (Å²) in [5.41, 5.74) is 10.5. The Bertz CT molecular complexity index is 1400. The van der Waals surface area contributed by atoms with Crippen LogP contribution in [0.3, 0.4) is 0 Å². The number of anilines is 1. The molecular formula is C24H22FN7O3. The predicted octanol–water partition coefficient (Wildman–Crippen LogP) is 1.46. The summed E-state index contributed by atoms with van der Waals surface area (Å²) in [5, 5.41) is 14.7. The number of hydrazine groups is 2. The summed E-state index contributed by atoms with van der Waals surface area (Å²) in [5.74, 6) is -2.16. The van der Waals surface area contributed by atoms with E-state index in [1.807, 2.05) is 4.57 Å². The number of benzene rings is 1. The molecule has 2 atom stereocenters. The minimum Gasteiger partial charge on any atom is -0.338 e. The summed E-state index contributed by atoms with van der Waals surface area (Å²) in [6, 6.07) is 5.63. The van der Waals surface area contributed by atoms with Gasteiger partial charge in [-0.25, -0.2) is 4.39 Å². The second-order valence-corrected chi connectivity index (χ2v) is 9.51. The molecule has 2 saturated carbocycles. The number of nitrogens with zero attached hydrogens (tertiary/aromatic N) is 2. The molecule has 5 N–H and O–H groups in total. The Kier molecular flexibility index (Phi) is 4.53. The molecule has 178 valence electrons. The highest BCUT2D eigenvalue weighted by Gasteiger charge is 2.52. The molecule has 6 rings (SSSR count). The molecule has 1 aromatic carbocycles. The van der Waals surface area contributed by atoms with Gasteiger partial charge < -0.3 is 26.1 Å². The number of carbonyl (C=O) groups is 3. The van der Waals surface area contributed by atoms with Crippen molar-refractivity contribution in [3.8, 4) is 6.07 Å². The molecule has 35 heavy (non-hydrogen) atoms. The van der Waals surface area contributed by atoms with Crippen LogP contribution in [0.5, 0.6) is 0 Å². The van der Waals surface area contributed by atoms with Crippen LogP contribution in [0.4, 0.5) is 10.1 Å². The monoisotopic (exact) mass is 475 g/mol. The van der Waals surface area contributed by atoms with E-state index in [1.54, 1.807) is 19.2 Å². The zero-order chi connectivity index (χ0) is 24.5. The summed E-state index contributed by atoms with van der Waals surface area (Å²) in [7, 11) is 0. The zero-order valence-corrected chi connectivity index (χ0v) is 18.8. The molecule has 4 aliphatic rings. The van der Waals surface area contributed by atoms with Crippen molar-refractivity contribution in [1.82, 2.24) is 26.3 Å². The number of carbonyl (C=O) groups excluding carboxylic acids is 3. The quantitative estimate of drug-likeness (QED) is 0.315. The number of Topliss-reactive ketones (excluding diaryl/α,β-unsaturated/α-hetero) is 1. The third kappa shape index (κ3) is 3.29. The number of amides is 2. The van der Waals surface area contributed by atoms with Gasteiger partial charge in [0, 0.05) is 23.6 Å². The Balaban J connectivity index is 1.30. The van der Waals surface area contributed by atoms with Crippen LogP contribution in [-0.4, -0.2) is 27.7 Å². The molecular weight excluding hydrogens is 453 g/mol. The first kappa shape index (κ1) is 21.4. The van der Waals surface area contributed by atoms with Gasteiger partial charge in [-0.1, -0.05) is 0 Å². The second kappa shape index (κ2) is 7.41. The number of nitriles is 1. The van der Waals surface area contributed by atoms with Crippen molar-refractivity contribution in [2.45, 2.75) is 44.2 Å². The third-order valence-corrected chi connectivity index (χ3v) is 7.32. The van der Waals surface area contributed by atoms with Crippen LogP contribution < -0.4 is 27.0 Å². The van der Waals surface area contributed by atoms with Gasteiger partial charge in [-0.15, -0.1) is 0 Å². The number of fused-ring (bicyclic) bond motifs is 3. The molecule has 0 radical (unpaired) electrons. The van der Waals surface area contributed by atoms with Gasteiger partial charge in [-0.3, -0.25) is 14.4 Å². The van der Waals surface area contributed by atoms with Crippen LogP contribution in [0.2, 0.25) is 0 Å². The summed E-state index contributed by atoms with van der Waals surface area (Å²) in [4.78, 5) is 39.7. The van der Waals surface area contributed by atoms with Crippen LogP contribution in [-0.2, 0) is 11.2 Å². The van der Waals surface area contributed by atoms with Crippen molar-refractivity contribution >= 4 is 23.3 Å². The molecule has 0 spiro atoms. The number of ketones is 1. The van der Waals surface area contributed by atoms with E-state index in [9.17, 15) is 18.8 Å². The van der Waals surface area contributed by atoms with Crippen molar-refractivity contribution in [1.29, 1.82) is 5.26 Å². The van der Waals surface area contributed by atoms with E-state index in [1.165, 1.54) is 12.1 Å². The van der Waals surface area contributed by atoms with Crippen LogP contribution >= 0.6 is 0 Å². The SMILES string of the molecule is Cc1c(C(=O)C(=O)NC2(C3=CNNN3)CC2)c2n(c1C(=O)Nc1ccc(F)c(C#N)c1)[C@@H]1C[C@@H]1C2. The van der Waals surface area contributed by atoms with Crippen molar-refractivity contribution < 1.29 is 18.8 Å². The largest absolute Gasteiger partial charge is 0.338 e. The lowest BCUT2D eigenvalue weighted by molar-refractivity contribution is -0.117. The van der Waals surface area contributed by atoms with Crippen LogP contribution in [0.1, 0.15) is 63.0 Å². The topological polar surface area (TPSA) is 140 Å². The van der Waals surface area contributed by atoms with Crippen molar-refractivity contribution in [2.75, 3.05) is 5.32 Å². The van der Waals surface area contributed by atoms with Crippen LogP contribution in [0, 0.1) is 30.0 Å². The van der Waals surface area contributed by atoms with Gasteiger partial charge in [0.1, 0.15) is 17.6 Å². The fourth-order valence-corrected chi connectivity index (χ4v) is 5.29. The lowest BCUT2D eigenvalue weighted by Gasteiger charge is -2.18. The van der Waals surface area contributed by atoms with Gasteiger partial charge in [0.15, 0.2) is 0 Å². The van der Waals surface area contributed by atoms with Crippen LogP contribution in [0.25, 0.3) is 0 Å². The fourth-order valence-electron chi connectivity index (χ4n) is 5.29. The van der Waals surface area contributed by atoms with E-state index in [0.717, 1.165) is 18.2 Å². The van der Waals surface area contributed by atoms with E-state index in [4.69, 9.17) is 5.26 Å². The second-order valence-electron chi connectivity index (χ2n) is 9.51. The minimum atomic E-state index is -0.710. The fraction of sp³-hybridized carbons (Fsp3) is 0.333. The summed E-state index contributed by atoms with van der Waals surface area (Å²) < 4.78 is 15.6. The maximum absolute atomic E-state index is 13.7. The maximum atomic E-state index is 13.7. The van der Waals surface area contributed by atoms with E-state index in [0.29, 0.717) is 42.1 Å². The zero-order valence-electron chi connectivity index (χ0n) is 18.8. The number of hydrogen-bond donors (Lipinski definition) is 5. The molecule has 2 amide bonds. The van der Waals surface area contributed by atoms with Gasteiger partial charge >= 0.3 is 0 Å². The number of rotatable bonds is 6. The first-order valence-electron chi connectivity index (χ1n) is 11.4. The van der Waals surface area contributed by atoms with Gasteiger partial charge in [-0.05, 0) is 62.3 Å². The molecule has 10 nitrogen and oxygen atoms in total. The number of halogens is 1. The molecule has 11 heteroatoms. The molecule has 2 fully saturated rings. The molecule has 2 aliphatic heterocycles. The first-order valence-corrected chi connectivity index (χ1v) is 11.4. The van der Waals surface area contributed by atoms with Crippen LogP contribution in [0.15, 0.2) is 30.1 Å². The van der Waals surface area contributed by atoms with E-state index >= 15 is 0 Å². The van der Waals surface area contributed by atoms with E-state index in [-0.39, 0.29) is 22.9 Å². The maximum Gasteiger partial charge on any atom is 0.293 e. The highest BCUT2D eigenvalue weighted by atomic mass is 19.1. The van der Waals surface area contributed by atoms with E-state index < -0.39 is 29.0 Å². The number of nitrogens with one attached hydrogen (secondary N) is 5. The number of aromatic nitrogens is 1. The highest BCUT2D eigenvalue weighted by molar-refractivity contribution is 6.44. The van der Waals surface area contributed by atoms with Crippen molar-refractivity contribution in [2.24, 2.45) is 5.92 Å². The molecule has 1 aromatic heterocycles. The molecule has 3 heterocycles. The average molecular weight is 475 g/mol. The lowest BCUT2D eigenvalue weighted by atomic mass is 10.0. The summed E-state index contributed by atoms with van der Waals surface area (Å²) >= 11 is 0. The Morgan fingerprint density at radius 1 is 1.29 bits per heavy atom. The molecule has 2 aliphatic carbocycles. The Hall–Kier alpha value is -4.17. The Morgan fingerprint density at radius 2 is 2.09 bits per heavy atom. The minimum absolute atomic E-state index is 0.122. The Morgan fingerprint density at radius 3 is 2.77 bits per heavy atom. The van der Waals surface area contributed by atoms with Crippen molar-refractivity contribution in [3.05, 3.63) is 64.0 Å². The smallest absolute Gasteiger partial charge is 0.293 e. The summed E-state index contributed by atoms with van der Waals surface area (Å²) in [6.07, 6.45) is 4.68.